The van der Waals surface area contributed by atoms with Crippen molar-refractivity contribution in [3.8, 4) is 0 Å². The Balaban J connectivity index is 2.20. The molecule has 0 spiro atoms. The van der Waals surface area contributed by atoms with Crippen LogP contribution in [0.15, 0.2) is 48.8 Å². The van der Waals surface area contributed by atoms with Crippen LogP contribution in [-0.4, -0.2) is 16.5 Å². The van der Waals surface area contributed by atoms with E-state index in [0.29, 0.717) is 5.69 Å². The number of rotatable bonds is 3. The molecule has 1 heterocycles. The Hall–Kier alpha value is -2.62. The molecule has 21 heavy (non-hydrogen) atoms. The van der Waals surface area contributed by atoms with Crippen molar-refractivity contribution in [2.45, 2.75) is 13.8 Å². The number of nitrogens with two attached hydrogens (primary N) is 1. The average molecular weight is 278 g/mol. The third-order valence-corrected chi connectivity index (χ3v) is 3.62. The van der Waals surface area contributed by atoms with Crippen LogP contribution in [-0.2, 0) is 0 Å². The first-order valence-corrected chi connectivity index (χ1v) is 7.04. The summed E-state index contributed by atoms with van der Waals surface area (Å²) in [6.07, 6.45) is 1.60. The normalized spacial score (nSPS) is 10.8. The first kappa shape index (κ1) is 13.4. The van der Waals surface area contributed by atoms with Gasteiger partial charge in [0.1, 0.15) is 12.1 Å². The van der Waals surface area contributed by atoms with Crippen LogP contribution in [0.25, 0.3) is 10.9 Å². The largest absolute Gasteiger partial charge is 0.399 e. The number of nitrogens with zero attached hydrogens (tertiary/aromatic N) is 3. The van der Waals surface area contributed by atoms with Crippen LogP contribution in [0, 0.1) is 6.92 Å². The standard InChI is InChI=1S/C17H18N4/c1-3-21(16-7-5-4-6-12(16)2)17-14-9-8-13(18)10-15(14)19-11-20-17/h4-11H,3,18H2,1-2H3. The fourth-order valence-corrected chi connectivity index (χ4v) is 2.58. The molecule has 0 unspecified atom stereocenters. The molecule has 0 aliphatic rings. The van der Waals surface area contributed by atoms with Crippen LogP contribution in [0.4, 0.5) is 17.2 Å². The third-order valence-electron chi connectivity index (χ3n) is 3.62. The van der Waals surface area contributed by atoms with E-state index in [-0.39, 0.29) is 0 Å². The molecule has 0 atom stereocenters. The van der Waals surface area contributed by atoms with Gasteiger partial charge in [-0.05, 0) is 43.7 Å². The van der Waals surface area contributed by atoms with Crippen LogP contribution >= 0.6 is 0 Å². The van der Waals surface area contributed by atoms with Crippen molar-refractivity contribution < 1.29 is 0 Å². The van der Waals surface area contributed by atoms with Crippen LogP contribution in [0.2, 0.25) is 0 Å². The van der Waals surface area contributed by atoms with E-state index in [1.54, 1.807) is 6.33 Å². The number of aryl methyl sites for hydroxylation is 1. The second kappa shape index (κ2) is 5.40. The molecule has 0 aliphatic carbocycles. The lowest BCUT2D eigenvalue weighted by atomic mass is 10.1. The molecule has 2 N–H and O–H groups in total. The van der Waals surface area contributed by atoms with Gasteiger partial charge in [-0.15, -0.1) is 0 Å². The molecular formula is C17H18N4. The molecule has 1 aromatic heterocycles. The molecule has 0 amide bonds. The quantitative estimate of drug-likeness (QED) is 0.742. The first-order chi connectivity index (χ1) is 10.2. The average Bonchev–Trinajstić information content (AvgIpc) is 2.49. The van der Waals surface area contributed by atoms with Crippen molar-refractivity contribution in [2.24, 2.45) is 0 Å². The minimum absolute atomic E-state index is 0.714. The highest BCUT2D eigenvalue weighted by atomic mass is 15.2. The number of benzene rings is 2. The molecule has 3 aromatic rings. The highest BCUT2D eigenvalue weighted by Crippen LogP contribution is 2.31. The molecule has 2 aromatic carbocycles. The van der Waals surface area contributed by atoms with Crippen LogP contribution < -0.4 is 10.6 Å². The fraction of sp³-hybridized carbons (Fsp3) is 0.176. The van der Waals surface area contributed by atoms with Crippen LogP contribution in [0.1, 0.15) is 12.5 Å². The molecule has 0 bridgehead atoms. The summed E-state index contributed by atoms with van der Waals surface area (Å²) >= 11 is 0. The van der Waals surface area contributed by atoms with Gasteiger partial charge in [0.25, 0.3) is 0 Å². The highest BCUT2D eigenvalue weighted by Gasteiger charge is 2.14. The van der Waals surface area contributed by atoms with Crippen molar-refractivity contribution in [2.75, 3.05) is 17.2 Å². The number of aromatic nitrogens is 2. The summed E-state index contributed by atoms with van der Waals surface area (Å²) in [5.41, 5.74) is 9.81. The zero-order valence-electron chi connectivity index (χ0n) is 12.2. The molecular weight excluding hydrogens is 260 g/mol. The van der Waals surface area contributed by atoms with Crippen LogP contribution in [0.5, 0.6) is 0 Å². The maximum absolute atomic E-state index is 5.84. The summed E-state index contributed by atoms with van der Waals surface area (Å²) in [5, 5.41) is 1.01. The summed E-state index contributed by atoms with van der Waals surface area (Å²) in [6.45, 7) is 5.07. The van der Waals surface area contributed by atoms with Crippen LogP contribution in [0.3, 0.4) is 0 Å². The summed E-state index contributed by atoms with van der Waals surface area (Å²) in [5.74, 6) is 0.914. The molecule has 3 rings (SSSR count). The van der Waals surface area contributed by atoms with Crippen molar-refractivity contribution in [1.29, 1.82) is 0 Å². The molecule has 106 valence electrons. The van der Waals surface area contributed by atoms with E-state index < -0.39 is 0 Å². The van der Waals surface area contributed by atoms with Crippen molar-refractivity contribution in [3.63, 3.8) is 0 Å². The second-order valence-electron chi connectivity index (χ2n) is 5.00. The Kier molecular flexibility index (Phi) is 3.44. The van der Waals surface area contributed by atoms with E-state index in [0.717, 1.165) is 29.0 Å². The Morgan fingerprint density at radius 3 is 2.67 bits per heavy atom. The molecule has 0 saturated heterocycles. The van der Waals surface area contributed by atoms with Gasteiger partial charge in [-0.3, -0.25) is 0 Å². The fourth-order valence-electron chi connectivity index (χ4n) is 2.58. The molecule has 0 radical (unpaired) electrons. The monoisotopic (exact) mass is 278 g/mol. The van der Waals surface area contributed by atoms with Gasteiger partial charge in [-0.1, -0.05) is 18.2 Å². The number of hydrogen-bond acceptors (Lipinski definition) is 4. The van der Waals surface area contributed by atoms with Gasteiger partial charge < -0.3 is 10.6 Å². The first-order valence-electron chi connectivity index (χ1n) is 7.04. The zero-order chi connectivity index (χ0) is 14.8. The van der Waals surface area contributed by atoms with E-state index in [1.807, 2.05) is 30.3 Å². The van der Waals surface area contributed by atoms with Gasteiger partial charge in [0.2, 0.25) is 0 Å². The SMILES string of the molecule is CCN(c1ccccc1C)c1ncnc2cc(N)ccc12. The van der Waals surface area contributed by atoms with Gasteiger partial charge in [0.15, 0.2) is 0 Å². The van der Waals surface area contributed by atoms with Gasteiger partial charge in [-0.25, -0.2) is 9.97 Å². The van der Waals surface area contributed by atoms with Gasteiger partial charge in [0.05, 0.1) is 5.52 Å². The molecule has 0 aliphatic heterocycles. The lowest BCUT2D eigenvalue weighted by Gasteiger charge is -2.25. The third kappa shape index (κ3) is 2.40. The summed E-state index contributed by atoms with van der Waals surface area (Å²) in [4.78, 5) is 11.0. The van der Waals surface area contributed by atoms with E-state index in [9.17, 15) is 0 Å². The number of para-hydroxylation sites is 1. The molecule has 4 nitrogen and oxygen atoms in total. The Morgan fingerprint density at radius 2 is 1.90 bits per heavy atom. The second-order valence-corrected chi connectivity index (χ2v) is 5.00. The lowest BCUT2D eigenvalue weighted by Crippen LogP contribution is -2.18. The Labute approximate surface area is 124 Å². The predicted molar refractivity (Wildman–Crippen MR) is 87.8 cm³/mol. The minimum atomic E-state index is 0.714. The minimum Gasteiger partial charge on any atom is -0.399 e. The molecule has 0 saturated carbocycles. The van der Waals surface area contributed by atoms with Crippen molar-refractivity contribution in [1.82, 2.24) is 9.97 Å². The smallest absolute Gasteiger partial charge is 0.144 e. The van der Waals surface area contributed by atoms with Gasteiger partial charge in [-0.2, -0.15) is 0 Å². The van der Waals surface area contributed by atoms with E-state index in [4.69, 9.17) is 5.73 Å². The Morgan fingerprint density at radius 1 is 1.10 bits per heavy atom. The van der Waals surface area contributed by atoms with E-state index >= 15 is 0 Å². The van der Waals surface area contributed by atoms with E-state index in [2.05, 4.69) is 40.8 Å². The predicted octanol–water partition coefficient (Wildman–Crippen LogP) is 3.68. The zero-order valence-corrected chi connectivity index (χ0v) is 12.2. The van der Waals surface area contributed by atoms with Gasteiger partial charge in [0, 0.05) is 23.3 Å². The van der Waals surface area contributed by atoms with E-state index in [1.165, 1.54) is 5.56 Å². The summed E-state index contributed by atoms with van der Waals surface area (Å²) in [7, 11) is 0. The summed E-state index contributed by atoms with van der Waals surface area (Å²) < 4.78 is 0. The topological polar surface area (TPSA) is 55.0 Å². The van der Waals surface area contributed by atoms with Crippen molar-refractivity contribution in [3.05, 3.63) is 54.4 Å². The number of nitrogen functional groups attached to an aromatic ring is 1. The summed E-state index contributed by atoms with van der Waals surface area (Å²) in [6, 6.07) is 14.1. The molecule has 0 fully saturated rings. The van der Waals surface area contributed by atoms with Gasteiger partial charge >= 0.3 is 0 Å². The maximum Gasteiger partial charge on any atom is 0.144 e. The maximum atomic E-state index is 5.84. The Bertz CT molecular complexity index is 783. The van der Waals surface area contributed by atoms with Crippen molar-refractivity contribution >= 4 is 28.1 Å². The highest BCUT2D eigenvalue weighted by molar-refractivity contribution is 5.93. The number of hydrogen-bond donors (Lipinski definition) is 1. The lowest BCUT2D eigenvalue weighted by molar-refractivity contribution is 0.983. The number of fused-ring (bicyclic) bond motifs is 1. The molecule has 4 heteroatoms. The number of anilines is 3.